The van der Waals surface area contributed by atoms with Crippen molar-refractivity contribution in [3.05, 3.63) is 48.0 Å². The van der Waals surface area contributed by atoms with Gasteiger partial charge in [0.25, 0.3) is 0 Å². The molecule has 2 aromatic rings. The first kappa shape index (κ1) is 16.8. The number of hydrogen-bond acceptors (Lipinski definition) is 2. The van der Waals surface area contributed by atoms with Gasteiger partial charge in [0.2, 0.25) is 0 Å². The van der Waals surface area contributed by atoms with E-state index in [4.69, 9.17) is 21.8 Å². The van der Waals surface area contributed by atoms with E-state index < -0.39 is 5.96 Å². The Labute approximate surface area is 137 Å². The zero-order valence-corrected chi connectivity index (χ0v) is 14.4. The van der Waals surface area contributed by atoms with Gasteiger partial charge in [0, 0.05) is 0 Å². The molecule has 0 fully saturated rings. The molecule has 0 saturated carbocycles. The molecule has 0 saturated heterocycles. The maximum atomic E-state index is 8.95. The third kappa shape index (κ3) is 3.98. The van der Waals surface area contributed by atoms with Crippen LogP contribution < -0.4 is 0 Å². The molecule has 0 atom stereocenters. The van der Waals surface area contributed by atoms with Gasteiger partial charge < -0.3 is 0 Å². The second-order valence-electron chi connectivity index (χ2n) is 6.21. The van der Waals surface area contributed by atoms with Crippen molar-refractivity contribution >= 4 is 28.0 Å². The molecule has 114 valence electrons. The van der Waals surface area contributed by atoms with Gasteiger partial charge in [0.15, 0.2) is 0 Å². The molecule has 0 aliphatic rings. The van der Waals surface area contributed by atoms with E-state index in [2.05, 4.69) is 49.1 Å². The van der Waals surface area contributed by atoms with Gasteiger partial charge in [-0.25, -0.2) is 0 Å². The van der Waals surface area contributed by atoms with E-state index in [9.17, 15) is 0 Å². The summed E-state index contributed by atoms with van der Waals surface area (Å²) < 4.78 is 0. The fraction of sp³-hybridized carbons (Fsp3) is 0.333. The topological polar surface area (TPSA) is 47.6 Å². The first-order valence-electron chi connectivity index (χ1n) is 7.39. The summed E-state index contributed by atoms with van der Waals surface area (Å²) in [5, 5.41) is 20.3. The molecule has 0 amide bonds. The first-order chi connectivity index (χ1) is 10.5. The summed E-state index contributed by atoms with van der Waals surface area (Å²) in [5.74, 6) is -2.61. The van der Waals surface area contributed by atoms with Gasteiger partial charge in [-0.05, 0) is 0 Å². The van der Waals surface area contributed by atoms with Gasteiger partial charge in [-0.1, -0.05) is 0 Å². The summed E-state index contributed by atoms with van der Waals surface area (Å²) in [4.78, 5) is 0. The molecule has 0 unspecified atom stereocenters. The van der Waals surface area contributed by atoms with Gasteiger partial charge in [-0.15, -0.1) is 0 Å². The summed E-state index contributed by atoms with van der Waals surface area (Å²) in [6, 6.07) is 19.0. The Hall–Kier alpha value is -1.60. The van der Waals surface area contributed by atoms with Crippen molar-refractivity contribution in [1.29, 1.82) is 10.5 Å². The minimum absolute atomic E-state index is 0.452. The maximum absolute atomic E-state index is 8.95. The number of halogens is 1. The number of rotatable bonds is 6. The SMILES string of the molecule is CP(Cl)(CCC#N)(CCC#N)Cc1cccc2ccccc12. The average Bonchev–Trinajstić information content (AvgIpc) is 2.52. The van der Waals surface area contributed by atoms with E-state index in [1.807, 2.05) is 12.1 Å². The summed E-state index contributed by atoms with van der Waals surface area (Å²) >= 11 is 7.12. The van der Waals surface area contributed by atoms with Crippen LogP contribution in [0.3, 0.4) is 0 Å². The Morgan fingerprint density at radius 3 is 2.18 bits per heavy atom. The predicted octanol–water partition coefficient (Wildman–Crippen LogP) is 5.50. The molecule has 0 bridgehead atoms. The molecule has 0 aromatic heterocycles. The van der Waals surface area contributed by atoms with Crippen LogP contribution in [0.5, 0.6) is 0 Å². The van der Waals surface area contributed by atoms with E-state index in [1.54, 1.807) is 0 Å². The van der Waals surface area contributed by atoms with E-state index in [1.165, 1.54) is 16.3 Å². The van der Waals surface area contributed by atoms with Gasteiger partial charge in [-0.2, -0.15) is 0 Å². The van der Waals surface area contributed by atoms with Crippen molar-refractivity contribution in [3.63, 3.8) is 0 Å². The monoisotopic (exact) mass is 330 g/mol. The van der Waals surface area contributed by atoms with Crippen molar-refractivity contribution in [2.75, 3.05) is 19.0 Å². The number of nitrogens with zero attached hydrogens (tertiary/aromatic N) is 2. The molecule has 4 heteroatoms. The summed E-state index contributed by atoms with van der Waals surface area (Å²) in [6.07, 6.45) is 3.09. The minimum atomic E-state index is -2.61. The number of nitriles is 2. The average molecular weight is 331 g/mol. The van der Waals surface area contributed by atoms with Gasteiger partial charge in [0.05, 0.1) is 0 Å². The second-order valence-corrected chi connectivity index (χ2v) is 14.9. The van der Waals surface area contributed by atoms with Crippen LogP contribution in [0.1, 0.15) is 18.4 Å². The number of hydrogen-bond donors (Lipinski definition) is 0. The molecular formula is C18H20ClN2P. The fourth-order valence-corrected chi connectivity index (χ4v) is 7.01. The Morgan fingerprint density at radius 2 is 1.55 bits per heavy atom. The van der Waals surface area contributed by atoms with Crippen LogP contribution in [-0.2, 0) is 6.16 Å². The van der Waals surface area contributed by atoms with Crippen molar-refractivity contribution in [2.45, 2.75) is 19.0 Å². The Bertz CT molecular complexity index is 728. The molecule has 0 radical (unpaired) electrons. The Balaban J connectivity index is 2.41. The van der Waals surface area contributed by atoms with E-state index >= 15 is 0 Å². The van der Waals surface area contributed by atoms with Gasteiger partial charge in [0.1, 0.15) is 0 Å². The van der Waals surface area contributed by atoms with Crippen LogP contribution in [0.15, 0.2) is 42.5 Å². The molecule has 2 nitrogen and oxygen atoms in total. The number of fused-ring (bicyclic) bond motifs is 1. The molecule has 2 rings (SSSR count). The molecule has 0 aliphatic carbocycles. The van der Waals surface area contributed by atoms with Crippen LogP contribution in [0.2, 0.25) is 0 Å². The molecule has 2 aromatic carbocycles. The standard InChI is InChI=1S/C18H20ClN2P/c1-22(19,13-5-11-20,14-6-12-21)15-17-9-4-8-16-7-2-3-10-18(16)17/h2-4,7-10H,5-6,13-15H2,1H3. The van der Waals surface area contributed by atoms with Crippen LogP contribution >= 0.6 is 17.2 Å². The van der Waals surface area contributed by atoms with Crippen molar-refractivity contribution in [3.8, 4) is 12.1 Å². The van der Waals surface area contributed by atoms with Crippen LogP contribution in [0, 0.1) is 22.7 Å². The van der Waals surface area contributed by atoms with Gasteiger partial charge in [-0.3, -0.25) is 0 Å². The molecule has 22 heavy (non-hydrogen) atoms. The second kappa shape index (κ2) is 6.66. The van der Waals surface area contributed by atoms with Crippen LogP contribution in [0.25, 0.3) is 10.8 Å². The summed E-state index contributed by atoms with van der Waals surface area (Å²) in [7, 11) is 0. The van der Waals surface area contributed by atoms with Crippen molar-refractivity contribution in [2.24, 2.45) is 0 Å². The third-order valence-corrected chi connectivity index (χ3v) is 9.73. The zero-order valence-electron chi connectivity index (χ0n) is 12.8. The normalized spacial score (nSPS) is 13.0. The molecular weight excluding hydrogens is 311 g/mol. The van der Waals surface area contributed by atoms with E-state index in [-0.39, 0.29) is 0 Å². The van der Waals surface area contributed by atoms with E-state index in [0.717, 1.165) is 6.16 Å². The Kier molecular flexibility index (Phi) is 5.08. The van der Waals surface area contributed by atoms with Crippen LogP contribution in [-0.4, -0.2) is 19.0 Å². The molecule has 0 heterocycles. The molecule has 0 N–H and O–H groups in total. The first-order valence-corrected chi connectivity index (χ1v) is 11.5. The number of benzene rings is 2. The molecule has 0 aliphatic heterocycles. The molecule has 0 spiro atoms. The summed E-state index contributed by atoms with van der Waals surface area (Å²) in [6.45, 7) is 2.11. The van der Waals surface area contributed by atoms with Crippen LogP contribution in [0.4, 0.5) is 0 Å². The van der Waals surface area contributed by atoms with Crippen molar-refractivity contribution < 1.29 is 0 Å². The van der Waals surface area contributed by atoms with E-state index in [0.29, 0.717) is 25.2 Å². The van der Waals surface area contributed by atoms with Gasteiger partial charge >= 0.3 is 137 Å². The van der Waals surface area contributed by atoms with Crippen molar-refractivity contribution in [1.82, 2.24) is 0 Å². The Morgan fingerprint density at radius 1 is 0.955 bits per heavy atom. The quantitative estimate of drug-likeness (QED) is 0.656. The predicted molar refractivity (Wildman–Crippen MR) is 96.5 cm³/mol. The zero-order chi connectivity index (χ0) is 16.1. The fourth-order valence-electron chi connectivity index (χ4n) is 2.90. The third-order valence-electron chi connectivity index (χ3n) is 4.19. The summed E-state index contributed by atoms with van der Waals surface area (Å²) in [5.41, 5.74) is 1.23.